The molecule has 1 atom stereocenters. The van der Waals surface area contributed by atoms with E-state index in [1.807, 2.05) is 19.6 Å². The summed E-state index contributed by atoms with van der Waals surface area (Å²) in [6, 6.07) is 8.73. The number of halogens is 3. The van der Waals surface area contributed by atoms with E-state index in [1.165, 1.54) is 11.9 Å². The fourth-order valence-corrected chi connectivity index (χ4v) is 5.04. The monoisotopic (exact) mass is 425 g/mol. The summed E-state index contributed by atoms with van der Waals surface area (Å²) >= 11 is 0. The quantitative estimate of drug-likeness (QED) is 0.498. The standard InChI is InChI=1S/C21H26F3NO3Si/c1-6-28-20(27)18-16(21(22,23)24)12-14(13-17(18)29(3,4)5)19(26)25(2)15-10-8-7-9-11-15/h7-11,13-14H,6,12H2,1-5H3/t14-/m1/s1. The van der Waals surface area contributed by atoms with Crippen LogP contribution in [0.3, 0.4) is 0 Å². The molecule has 0 heterocycles. The topological polar surface area (TPSA) is 46.6 Å². The number of alkyl halides is 3. The molecular weight excluding hydrogens is 399 g/mol. The Bertz CT molecular complexity index is 839. The van der Waals surface area contributed by atoms with E-state index >= 15 is 0 Å². The summed E-state index contributed by atoms with van der Waals surface area (Å²) < 4.78 is 46.7. The lowest BCUT2D eigenvalue weighted by atomic mass is 9.87. The van der Waals surface area contributed by atoms with Crippen LogP contribution in [0.1, 0.15) is 13.3 Å². The first-order valence-electron chi connectivity index (χ1n) is 9.40. The minimum Gasteiger partial charge on any atom is -0.462 e. The number of allylic oxidation sites excluding steroid dienone is 1. The molecule has 1 aliphatic rings. The number of anilines is 1. The highest BCUT2D eigenvalue weighted by Gasteiger charge is 2.46. The van der Waals surface area contributed by atoms with Crippen LogP contribution in [0.15, 0.2) is 52.8 Å². The number of carbonyl (C=O) groups is 2. The van der Waals surface area contributed by atoms with E-state index < -0.39 is 49.6 Å². The molecule has 158 valence electrons. The van der Waals surface area contributed by atoms with Crippen LogP contribution in [-0.2, 0) is 14.3 Å². The molecule has 0 aromatic heterocycles. The zero-order valence-corrected chi connectivity index (χ0v) is 18.3. The molecule has 1 aliphatic carbocycles. The zero-order chi connectivity index (χ0) is 22.0. The van der Waals surface area contributed by atoms with Gasteiger partial charge in [0.25, 0.3) is 0 Å². The van der Waals surface area contributed by atoms with Gasteiger partial charge in [-0.1, -0.05) is 43.9 Å². The first-order valence-corrected chi connectivity index (χ1v) is 12.9. The van der Waals surface area contributed by atoms with Gasteiger partial charge < -0.3 is 9.64 Å². The first-order chi connectivity index (χ1) is 13.4. The highest BCUT2D eigenvalue weighted by atomic mass is 28.3. The summed E-state index contributed by atoms with van der Waals surface area (Å²) in [5, 5.41) is 0.314. The molecule has 0 fully saturated rings. The third kappa shape index (κ3) is 5.17. The van der Waals surface area contributed by atoms with Crippen molar-refractivity contribution >= 4 is 25.6 Å². The van der Waals surface area contributed by atoms with Gasteiger partial charge in [-0.25, -0.2) is 4.79 Å². The lowest BCUT2D eigenvalue weighted by molar-refractivity contribution is -0.140. The summed E-state index contributed by atoms with van der Waals surface area (Å²) in [5.74, 6) is -2.43. The van der Waals surface area contributed by atoms with Crippen LogP contribution in [0.25, 0.3) is 0 Å². The van der Waals surface area contributed by atoms with Crippen molar-refractivity contribution in [1.82, 2.24) is 0 Å². The molecule has 1 aromatic rings. The SMILES string of the molecule is CCOC(=O)C1=C(C(F)(F)F)C[C@@H](C(=O)N(C)c2ccccc2)C=C1[Si](C)(C)C. The molecule has 0 unspecified atom stereocenters. The highest BCUT2D eigenvalue weighted by Crippen LogP contribution is 2.43. The largest absolute Gasteiger partial charge is 0.462 e. The van der Waals surface area contributed by atoms with Crippen LogP contribution in [0, 0.1) is 5.92 Å². The van der Waals surface area contributed by atoms with Crippen molar-refractivity contribution in [3.63, 3.8) is 0 Å². The van der Waals surface area contributed by atoms with Gasteiger partial charge in [0.15, 0.2) is 0 Å². The number of ether oxygens (including phenoxy) is 1. The lowest BCUT2D eigenvalue weighted by Crippen LogP contribution is -2.39. The number of amides is 1. The zero-order valence-electron chi connectivity index (χ0n) is 17.3. The maximum absolute atomic E-state index is 13.9. The van der Waals surface area contributed by atoms with E-state index in [4.69, 9.17) is 4.74 Å². The van der Waals surface area contributed by atoms with Crippen molar-refractivity contribution in [2.75, 3.05) is 18.6 Å². The fraction of sp³-hybridized carbons (Fsp3) is 0.429. The average Bonchev–Trinajstić information content (AvgIpc) is 2.65. The van der Waals surface area contributed by atoms with Crippen LogP contribution in [0.4, 0.5) is 18.9 Å². The predicted molar refractivity (Wildman–Crippen MR) is 109 cm³/mol. The van der Waals surface area contributed by atoms with Crippen molar-refractivity contribution < 1.29 is 27.5 Å². The fourth-order valence-electron chi connectivity index (χ4n) is 3.33. The molecule has 1 aromatic carbocycles. The smallest absolute Gasteiger partial charge is 0.413 e. The Balaban J connectivity index is 2.55. The Morgan fingerprint density at radius 3 is 2.24 bits per heavy atom. The molecule has 8 heteroatoms. The minimum absolute atomic E-state index is 0.0223. The van der Waals surface area contributed by atoms with E-state index in [0.29, 0.717) is 10.9 Å². The van der Waals surface area contributed by atoms with E-state index in [-0.39, 0.29) is 6.61 Å². The number of hydrogen-bond donors (Lipinski definition) is 0. The van der Waals surface area contributed by atoms with Crippen LogP contribution in [0.2, 0.25) is 19.6 Å². The van der Waals surface area contributed by atoms with Gasteiger partial charge in [-0.3, -0.25) is 4.79 Å². The van der Waals surface area contributed by atoms with Crippen molar-refractivity contribution in [2.24, 2.45) is 5.92 Å². The van der Waals surface area contributed by atoms with E-state index in [0.717, 1.165) is 0 Å². The molecule has 1 amide bonds. The van der Waals surface area contributed by atoms with Gasteiger partial charge in [-0.05, 0) is 30.7 Å². The Morgan fingerprint density at radius 1 is 1.17 bits per heavy atom. The Hall–Kier alpha value is -2.35. The summed E-state index contributed by atoms with van der Waals surface area (Å²) in [6.45, 7) is 7.07. The van der Waals surface area contributed by atoms with Crippen molar-refractivity contribution in [2.45, 2.75) is 39.2 Å². The third-order valence-corrected chi connectivity index (χ3v) is 6.82. The van der Waals surface area contributed by atoms with Crippen molar-refractivity contribution in [3.05, 3.63) is 52.8 Å². The van der Waals surface area contributed by atoms with E-state index in [9.17, 15) is 22.8 Å². The van der Waals surface area contributed by atoms with Crippen LogP contribution < -0.4 is 4.90 Å². The number of esters is 1. The van der Waals surface area contributed by atoms with E-state index in [1.54, 1.807) is 43.3 Å². The number of benzene rings is 1. The molecule has 0 saturated carbocycles. The van der Waals surface area contributed by atoms with Gasteiger partial charge in [0, 0.05) is 18.3 Å². The molecule has 0 aliphatic heterocycles. The second-order valence-electron chi connectivity index (χ2n) is 7.95. The van der Waals surface area contributed by atoms with Gasteiger partial charge in [0.2, 0.25) is 5.91 Å². The van der Waals surface area contributed by atoms with Crippen molar-refractivity contribution in [1.29, 1.82) is 0 Å². The molecule has 0 radical (unpaired) electrons. The molecule has 0 saturated heterocycles. The number of carbonyl (C=O) groups excluding carboxylic acids is 2. The second kappa shape index (κ2) is 8.57. The van der Waals surface area contributed by atoms with Gasteiger partial charge in [0.05, 0.1) is 26.2 Å². The normalized spacial score (nSPS) is 17.7. The summed E-state index contributed by atoms with van der Waals surface area (Å²) in [5.41, 5.74) is -0.796. The average molecular weight is 426 g/mol. The van der Waals surface area contributed by atoms with Crippen LogP contribution in [0.5, 0.6) is 0 Å². The van der Waals surface area contributed by atoms with Gasteiger partial charge in [-0.15, -0.1) is 0 Å². The summed E-state index contributed by atoms with van der Waals surface area (Å²) in [4.78, 5) is 26.8. The van der Waals surface area contributed by atoms with Gasteiger partial charge >= 0.3 is 12.1 Å². The maximum Gasteiger partial charge on any atom is 0.413 e. The Labute approximate surface area is 170 Å². The van der Waals surface area contributed by atoms with Crippen LogP contribution in [-0.4, -0.2) is 39.8 Å². The molecular formula is C21H26F3NO3Si. The van der Waals surface area contributed by atoms with Crippen molar-refractivity contribution in [3.8, 4) is 0 Å². The molecule has 29 heavy (non-hydrogen) atoms. The third-order valence-electron chi connectivity index (χ3n) is 4.78. The maximum atomic E-state index is 13.9. The second-order valence-corrected chi connectivity index (χ2v) is 13.0. The molecule has 0 N–H and O–H groups in total. The molecule has 2 rings (SSSR count). The Morgan fingerprint density at radius 2 is 1.76 bits per heavy atom. The van der Waals surface area contributed by atoms with Gasteiger partial charge in [-0.2, -0.15) is 13.2 Å². The number of nitrogens with zero attached hydrogens (tertiary/aromatic N) is 1. The number of para-hydroxylation sites is 1. The first kappa shape index (κ1) is 22.9. The van der Waals surface area contributed by atoms with Crippen LogP contribution >= 0.6 is 0 Å². The van der Waals surface area contributed by atoms with Gasteiger partial charge in [0.1, 0.15) is 0 Å². The summed E-state index contributed by atoms with van der Waals surface area (Å²) in [7, 11) is -0.863. The lowest BCUT2D eigenvalue weighted by Gasteiger charge is -2.33. The predicted octanol–water partition coefficient (Wildman–Crippen LogP) is 4.90. The van der Waals surface area contributed by atoms with E-state index in [2.05, 4.69) is 0 Å². The number of rotatable bonds is 5. The number of hydrogen-bond acceptors (Lipinski definition) is 3. The summed E-state index contributed by atoms with van der Waals surface area (Å²) in [6.07, 6.45) is -3.76. The highest BCUT2D eigenvalue weighted by molar-refractivity contribution is 6.84. The minimum atomic E-state index is -4.73. The molecule has 0 bridgehead atoms. The molecule has 4 nitrogen and oxygen atoms in total. The Kier molecular flexibility index (Phi) is 6.77. The molecule has 0 spiro atoms.